The third-order valence-corrected chi connectivity index (χ3v) is 4.06. The van der Waals surface area contributed by atoms with Gasteiger partial charge >= 0.3 is 0 Å². The largest absolute Gasteiger partial charge is 0.493 e. The van der Waals surface area contributed by atoms with E-state index in [-0.39, 0.29) is 5.91 Å². The minimum atomic E-state index is 0.161. The molecule has 1 amide bonds. The molecule has 2 rings (SSSR count). The second-order valence-electron chi connectivity index (χ2n) is 5.10. The van der Waals surface area contributed by atoms with E-state index in [1.807, 2.05) is 30.9 Å². The number of hydrogen-bond acceptors (Lipinski definition) is 3. The molecule has 1 saturated heterocycles. The summed E-state index contributed by atoms with van der Waals surface area (Å²) in [6.07, 6.45) is 0.417. The van der Waals surface area contributed by atoms with Crippen molar-refractivity contribution in [2.45, 2.75) is 20.3 Å². The second-order valence-corrected chi connectivity index (χ2v) is 5.48. The van der Waals surface area contributed by atoms with E-state index in [2.05, 4.69) is 5.32 Å². The highest BCUT2D eigenvalue weighted by Gasteiger charge is 2.15. The smallest absolute Gasteiger partial charge is 0.226 e. The molecule has 0 aromatic heterocycles. The Morgan fingerprint density at radius 3 is 2.50 bits per heavy atom. The van der Waals surface area contributed by atoms with Crippen LogP contribution in [0.3, 0.4) is 0 Å². The van der Waals surface area contributed by atoms with E-state index in [0.29, 0.717) is 13.0 Å². The monoisotopic (exact) mass is 296 g/mol. The normalized spacial score (nSPS) is 15.2. The van der Waals surface area contributed by atoms with Crippen molar-refractivity contribution in [1.29, 1.82) is 0 Å². The summed E-state index contributed by atoms with van der Waals surface area (Å²) in [6, 6.07) is 3.81. The molecule has 0 atom stereocenters. The van der Waals surface area contributed by atoms with Crippen LogP contribution >= 0.6 is 11.6 Å². The number of amides is 1. The third-order valence-electron chi connectivity index (χ3n) is 3.46. The number of nitrogens with zero attached hydrogens (tertiary/aromatic N) is 1. The Morgan fingerprint density at radius 2 is 1.90 bits per heavy atom. The fourth-order valence-electron chi connectivity index (χ4n) is 2.32. The number of hydrogen-bond donors (Lipinski definition) is 1. The van der Waals surface area contributed by atoms with Gasteiger partial charge in [0.05, 0.1) is 13.0 Å². The van der Waals surface area contributed by atoms with Gasteiger partial charge in [-0.2, -0.15) is 0 Å². The molecule has 0 aliphatic carbocycles. The van der Waals surface area contributed by atoms with Crippen molar-refractivity contribution in [1.82, 2.24) is 10.2 Å². The van der Waals surface area contributed by atoms with Crippen molar-refractivity contribution in [3.8, 4) is 5.75 Å². The number of nitrogens with one attached hydrogen (secondary N) is 1. The quantitative estimate of drug-likeness (QED) is 0.926. The lowest BCUT2D eigenvalue weighted by Crippen LogP contribution is -2.46. The molecule has 1 aromatic carbocycles. The molecule has 0 bridgehead atoms. The summed E-state index contributed by atoms with van der Waals surface area (Å²) in [6.45, 7) is 7.64. The highest BCUT2D eigenvalue weighted by Crippen LogP contribution is 2.25. The maximum absolute atomic E-state index is 12.0. The van der Waals surface area contributed by atoms with Gasteiger partial charge in [0, 0.05) is 31.2 Å². The Labute approximate surface area is 125 Å². The van der Waals surface area contributed by atoms with Crippen LogP contribution in [0.4, 0.5) is 0 Å². The van der Waals surface area contributed by atoms with Crippen LogP contribution in [0.15, 0.2) is 12.1 Å². The van der Waals surface area contributed by atoms with Gasteiger partial charge in [-0.15, -0.1) is 0 Å². The van der Waals surface area contributed by atoms with Crippen LogP contribution in [0.1, 0.15) is 17.5 Å². The van der Waals surface area contributed by atoms with Gasteiger partial charge in [-0.05, 0) is 37.1 Å². The topological polar surface area (TPSA) is 41.6 Å². The number of carbonyl (C=O) groups excluding carboxylic acids is 1. The summed E-state index contributed by atoms with van der Waals surface area (Å²) in [5.41, 5.74) is 1.99. The summed E-state index contributed by atoms with van der Waals surface area (Å²) in [7, 11) is 0. The number of carbonyl (C=O) groups is 1. The maximum atomic E-state index is 12.0. The van der Waals surface area contributed by atoms with Crippen molar-refractivity contribution >= 4 is 17.5 Å². The van der Waals surface area contributed by atoms with Crippen molar-refractivity contribution < 1.29 is 9.53 Å². The molecule has 1 heterocycles. The molecule has 1 aromatic rings. The molecule has 1 N–H and O–H groups in total. The van der Waals surface area contributed by atoms with Crippen molar-refractivity contribution in [3.05, 3.63) is 28.3 Å². The van der Waals surface area contributed by atoms with Crippen molar-refractivity contribution in [2.75, 3.05) is 32.8 Å². The van der Waals surface area contributed by atoms with Gasteiger partial charge in [0.2, 0.25) is 5.91 Å². The Hall–Kier alpha value is -1.26. The molecular weight excluding hydrogens is 276 g/mol. The fraction of sp³-hybridized carbons (Fsp3) is 0.533. The van der Waals surface area contributed by atoms with Gasteiger partial charge in [-0.3, -0.25) is 4.79 Å². The van der Waals surface area contributed by atoms with Crippen LogP contribution in [0.5, 0.6) is 5.75 Å². The van der Waals surface area contributed by atoms with Gasteiger partial charge in [0.25, 0.3) is 0 Å². The van der Waals surface area contributed by atoms with Crippen molar-refractivity contribution in [2.24, 2.45) is 0 Å². The SMILES string of the molecule is Cc1cc(OCCC(=O)N2CCNCC2)cc(C)c1Cl. The number of aryl methyl sites for hydroxylation is 2. The fourth-order valence-corrected chi connectivity index (χ4v) is 2.43. The van der Waals surface area contributed by atoms with Gasteiger partial charge in [-0.25, -0.2) is 0 Å². The van der Waals surface area contributed by atoms with Crippen LogP contribution < -0.4 is 10.1 Å². The molecule has 1 aliphatic rings. The highest BCUT2D eigenvalue weighted by molar-refractivity contribution is 6.32. The Balaban J connectivity index is 1.82. The Morgan fingerprint density at radius 1 is 1.30 bits per heavy atom. The van der Waals surface area contributed by atoms with E-state index in [4.69, 9.17) is 16.3 Å². The standard InChI is InChI=1S/C15H21ClN2O2/c1-11-9-13(10-12(2)15(11)16)20-8-3-14(19)18-6-4-17-5-7-18/h9-10,17H,3-8H2,1-2H3. The molecule has 1 aliphatic heterocycles. The average molecular weight is 297 g/mol. The Bertz CT molecular complexity index is 462. The molecule has 1 fully saturated rings. The molecule has 4 nitrogen and oxygen atoms in total. The molecule has 0 unspecified atom stereocenters. The summed E-state index contributed by atoms with van der Waals surface area (Å²) >= 11 is 6.11. The first-order chi connectivity index (χ1) is 9.58. The summed E-state index contributed by atoms with van der Waals surface area (Å²) in [5, 5.41) is 4.00. The number of ether oxygens (including phenoxy) is 1. The van der Waals surface area contributed by atoms with Gasteiger partial charge in [-0.1, -0.05) is 11.6 Å². The lowest BCUT2D eigenvalue weighted by Gasteiger charge is -2.27. The van der Waals surface area contributed by atoms with Crippen LogP contribution in [0.2, 0.25) is 5.02 Å². The molecule has 110 valence electrons. The number of rotatable bonds is 4. The highest BCUT2D eigenvalue weighted by atomic mass is 35.5. The second kappa shape index (κ2) is 6.95. The molecule has 0 saturated carbocycles. The van der Waals surface area contributed by atoms with Gasteiger partial charge < -0.3 is 15.0 Å². The molecule has 5 heteroatoms. The predicted molar refractivity (Wildman–Crippen MR) is 80.5 cm³/mol. The summed E-state index contributed by atoms with van der Waals surface area (Å²) < 4.78 is 5.66. The van der Waals surface area contributed by atoms with E-state index in [9.17, 15) is 4.79 Å². The molecule has 20 heavy (non-hydrogen) atoms. The number of halogens is 1. The average Bonchev–Trinajstić information content (AvgIpc) is 2.45. The minimum absolute atomic E-state index is 0.161. The zero-order chi connectivity index (χ0) is 14.5. The number of benzene rings is 1. The first-order valence-corrected chi connectivity index (χ1v) is 7.34. The van der Waals surface area contributed by atoms with Crippen LogP contribution in [-0.4, -0.2) is 43.6 Å². The van der Waals surface area contributed by atoms with Gasteiger partial charge in [0.1, 0.15) is 5.75 Å². The zero-order valence-electron chi connectivity index (χ0n) is 12.0. The first-order valence-electron chi connectivity index (χ1n) is 6.96. The lowest BCUT2D eigenvalue weighted by molar-refractivity contribution is -0.132. The third kappa shape index (κ3) is 3.87. The molecule has 0 spiro atoms. The minimum Gasteiger partial charge on any atom is -0.493 e. The van der Waals surface area contributed by atoms with Crippen LogP contribution in [-0.2, 0) is 4.79 Å². The number of piperazine rings is 1. The van der Waals surface area contributed by atoms with E-state index < -0.39 is 0 Å². The van der Waals surface area contributed by atoms with Crippen molar-refractivity contribution in [3.63, 3.8) is 0 Å². The van der Waals surface area contributed by atoms with Crippen LogP contribution in [0.25, 0.3) is 0 Å². The lowest BCUT2D eigenvalue weighted by atomic mass is 10.1. The first kappa shape index (κ1) is 15.1. The summed E-state index contributed by atoms with van der Waals surface area (Å²) in [5.74, 6) is 0.936. The molecule has 0 radical (unpaired) electrons. The van der Waals surface area contributed by atoms with E-state index in [0.717, 1.165) is 48.1 Å². The van der Waals surface area contributed by atoms with Gasteiger partial charge in [0.15, 0.2) is 0 Å². The summed E-state index contributed by atoms with van der Waals surface area (Å²) in [4.78, 5) is 13.9. The van der Waals surface area contributed by atoms with E-state index in [1.165, 1.54) is 0 Å². The van der Waals surface area contributed by atoms with Crippen LogP contribution in [0, 0.1) is 13.8 Å². The van der Waals surface area contributed by atoms with E-state index in [1.54, 1.807) is 0 Å². The zero-order valence-corrected chi connectivity index (χ0v) is 12.8. The maximum Gasteiger partial charge on any atom is 0.226 e. The Kier molecular flexibility index (Phi) is 5.26. The van der Waals surface area contributed by atoms with E-state index >= 15 is 0 Å². The molecular formula is C15H21ClN2O2. The predicted octanol–water partition coefficient (Wildman–Crippen LogP) is 2.16.